The maximum Gasteiger partial charge on any atom is 0.332 e. The maximum atomic E-state index is 13.7. The first-order valence-corrected chi connectivity index (χ1v) is 16.4. The largest absolute Gasteiger partial charge is 0.378 e. The van der Waals surface area contributed by atoms with Gasteiger partial charge in [-0.15, -0.1) is 5.10 Å². The SMILES string of the molecule is COP(OC)OCC(C)(C)COCC(C)(C)OCCNC(=O)CCC(=O)N1Cc2ccccc2-c2nnn(C)c2-c2ccccc21. The van der Waals surface area contributed by atoms with Gasteiger partial charge in [-0.3, -0.25) is 9.59 Å². The third-order valence-corrected chi connectivity index (χ3v) is 8.40. The fraction of sp³-hybridized carbons (Fsp3) is 0.515. The Hall–Kier alpha value is -3.25. The fourth-order valence-corrected chi connectivity index (χ4v) is 5.96. The first-order valence-electron chi connectivity index (χ1n) is 15.3. The van der Waals surface area contributed by atoms with Gasteiger partial charge in [-0.05, 0) is 25.5 Å². The Balaban J connectivity index is 1.26. The minimum Gasteiger partial charge on any atom is -0.378 e. The second kappa shape index (κ2) is 16.0. The summed E-state index contributed by atoms with van der Waals surface area (Å²) in [7, 11) is 3.59. The van der Waals surface area contributed by atoms with Crippen LogP contribution in [0.1, 0.15) is 46.1 Å². The minimum absolute atomic E-state index is 0.0647. The van der Waals surface area contributed by atoms with Crippen molar-refractivity contribution in [1.82, 2.24) is 20.3 Å². The molecular formula is C33H46N5O7P. The lowest BCUT2D eigenvalue weighted by Gasteiger charge is -2.29. The molecule has 0 aliphatic carbocycles. The van der Waals surface area contributed by atoms with E-state index in [0.29, 0.717) is 39.5 Å². The van der Waals surface area contributed by atoms with E-state index in [1.54, 1.807) is 23.8 Å². The van der Waals surface area contributed by atoms with Crippen molar-refractivity contribution in [2.75, 3.05) is 52.1 Å². The first kappa shape index (κ1) is 35.6. The number of carbonyl (C=O) groups is 2. The van der Waals surface area contributed by atoms with Crippen LogP contribution in [-0.2, 0) is 46.2 Å². The monoisotopic (exact) mass is 655 g/mol. The van der Waals surface area contributed by atoms with Gasteiger partial charge in [-0.25, -0.2) is 4.68 Å². The molecule has 2 amide bonds. The van der Waals surface area contributed by atoms with E-state index in [1.165, 1.54) is 0 Å². The van der Waals surface area contributed by atoms with Crippen molar-refractivity contribution in [1.29, 1.82) is 0 Å². The highest BCUT2D eigenvalue weighted by Crippen LogP contribution is 2.41. The number of anilines is 1. The molecule has 2 aromatic carbocycles. The summed E-state index contributed by atoms with van der Waals surface area (Å²) in [6.07, 6.45) is 0.130. The van der Waals surface area contributed by atoms with Crippen LogP contribution in [0.3, 0.4) is 0 Å². The van der Waals surface area contributed by atoms with E-state index in [0.717, 1.165) is 33.8 Å². The Bertz CT molecular complexity index is 1470. The van der Waals surface area contributed by atoms with Gasteiger partial charge in [0.1, 0.15) is 5.69 Å². The van der Waals surface area contributed by atoms with Gasteiger partial charge in [0.05, 0.1) is 50.0 Å². The highest BCUT2D eigenvalue weighted by atomic mass is 31.2. The van der Waals surface area contributed by atoms with Gasteiger partial charge in [-0.1, -0.05) is 61.5 Å². The molecule has 1 aromatic heterocycles. The van der Waals surface area contributed by atoms with Gasteiger partial charge in [0.15, 0.2) is 0 Å². The molecule has 1 aliphatic heterocycles. The van der Waals surface area contributed by atoms with Crippen molar-refractivity contribution in [2.24, 2.45) is 12.5 Å². The molecule has 0 saturated heterocycles. The lowest BCUT2D eigenvalue weighted by molar-refractivity contribution is -0.126. The number of aromatic nitrogens is 3. The number of hydrogen-bond acceptors (Lipinski definition) is 9. The number of carbonyl (C=O) groups excluding carboxylic acids is 2. The van der Waals surface area contributed by atoms with E-state index in [4.69, 9.17) is 23.0 Å². The van der Waals surface area contributed by atoms with E-state index in [1.807, 2.05) is 83.3 Å². The van der Waals surface area contributed by atoms with Gasteiger partial charge in [0.25, 0.3) is 0 Å². The number of fused-ring (bicyclic) bond motifs is 5. The number of rotatable bonds is 16. The molecule has 0 unspecified atom stereocenters. The first-order chi connectivity index (χ1) is 21.9. The lowest BCUT2D eigenvalue weighted by atomic mass is 9.95. The van der Waals surface area contributed by atoms with Crippen LogP contribution in [0.2, 0.25) is 0 Å². The molecule has 12 nitrogen and oxygen atoms in total. The summed E-state index contributed by atoms with van der Waals surface area (Å²) in [5.41, 5.74) is 4.35. The quantitative estimate of drug-likeness (QED) is 0.162. The molecule has 0 radical (unpaired) electrons. The third kappa shape index (κ3) is 9.40. The normalized spacial score (nSPS) is 13.1. The molecule has 0 bridgehead atoms. The smallest absolute Gasteiger partial charge is 0.332 e. The molecule has 46 heavy (non-hydrogen) atoms. The predicted octanol–water partition coefficient (Wildman–Crippen LogP) is 5.27. The Labute approximate surface area is 272 Å². The molecule has 1 aliphatic rings. The Kier molecular flexibility index (Phi) is 12.4. The number of ether oxygens (including phenoxy) is 2. The van der Waals surface area contributed by atoms with Crippen LogP contribution < -0.4 is 10.2 Å². The molecule has 0 fully saturated rings. The molecule has 3 aromatic rings. The zero-order chi connectivity index (χ0) is 33.3. The average Bonchev–Trinajstić information content (AvgIpc) is 3.40. The Morgan fingerprint density at radius 1 is 0.935 bits per heavy atom. The number of amides is 2. The van der Waals surface area contributed by atoms with Crippen LogP contribution in [0, 0.1) is 5.41 Å². The van der Waals surface area contributed by atoms with E-state index in [-0.39, 0.29) is 30.1 Å². The Morgan fingerprint density at radius 2 is 1.63 bits per heavy atom. The van der Waals surface area contributed by atoms with Crippen LogP contribution in [0.5, 0.6) is 0 Å². The van der Waals surface area contributed by atoms with Crippen molar-refractivity contribution in [3.8, 4) is 22.5 Å². The molecule has 2 heterocycles. The minimum atomic E-state index is -1.35. The maximum absolute atomic E-state index is 13.7. The second-order valence-corrected chi connectivity index (χ2v) is 14.0. The van der Waals surface area contributed by atoms with E-state index in [2.05, 4.69) is 15.6 Å². The fourth-order valence-electron chi connectivity index (χ4n) is 5.14. The molecule has 250 valence electrons. The van der Waals surface area contributed by atoms with Crippen molar-refractivity contribution in [3.63, 3.8) is 0 Å². The second-order valence-electron chi connectivity index (χ2n) is 12.5. The van der Waals surface area contributed by atoms with Gasteiger partial charge >= 0.3 is 8.60 Å². The molecule has 0 saturated carbocycles. The van der Waals surface area contributed by atoms with Crippen molar-refractivity contribution in [2.45, 2.75) is 52.7 Å². The number of aryl methyl sites for hydroxylation is 1. The third-order valence-electron chi connectivity index (χ3n) is 7.46. The van der Waals surface area contributed by atoms with Crippen molar-refractivity contribution in [3.05, 3.63) is 54.1 Å². The molecular weight excluding hydrogens is 609 g/mol. The number of para-hydroxylation sites is 1. The summed E-state index contributed by atoms with van der Waals surface area (Å²) in [4.78, 5) is 28.1. The van der Waals surface area contributed by atoms with Gasteiger partial charge in [0.2, 0.25) is 11.8 Å². The summed E-state index contributed by atoms with van der Waals surface area (Å²) >= 11 is 0. The Morgan fingerprint density at radius 3 is 2.37 bits per heavy atom. The number of benzene rings is 2. The summed E-state index contributed by atoms with van der Waals surface area (Å²) in [6.45, 7) is 10.2. The summed E-state index contributed by atoms with van der Waals surface area (Å²) in [5.74, 6) is -0.349. The molecule has 4 rings (SSSR count). The number of hydrogen-bond donors (Lipinski definition) is 1. The van der Waals surface area contributed by atoms with Crippen LogP contribution >= 0.6 is 8.60 Å². The average molecular weight is 656 g/mol. The van der Waals surface area contributed by atoms with Gasteiger partial charge in [0, 0.05) is 57.2 Å². The predicted molar refractivity (Wildman–Crippen MR) is 177 cm³/mol. The van der Waals surface area contributed by atoms with Crippen LogP contribution in [0.25, 0.3) is 22.5 Å². The molecule has 0 atom stereocenters. The van der Waals surface area contributed by atoms with Crippen molar-refractivity contribution >= 4 is 26.1 Å². The zero-order valence-corrected chi connectivity index (χ0v) is 28.8. The topological polar surface area (TPSA) is 126 Å². The molecule has 0 spiro atoms. The summed E-state index contributed by atoms with van der Waals surface area (Å²) in [5, 5.41) is 11.6. The van der Waals surface area contributed by atoms with Gasteiger partial charge in [-0.2, -0.15) is 0 Å². The van der Waals surface area contributed by atoms with E-state index in [9.17, 15) is 9.59 Å². The summed E-state index contributed by atoms with van der Waals surface area (Å²) < 4.78 is 29.6. The van der Waals surface area contributed by atoms with Crippen LogP contribution in [0.15, 0.2) is 48.5 Å². The number of nitrogens with zero attached hydrogens (tertiary/aromatic N) is 4. The van der Waals surface area contributed by atoms with E-state index < -0.39 is 14.2 Å². The summed E-state index contributed by atoms with van der Waals surface area (Å²) in [6, 6.07) is 15.6. The van der Waals surface area contributed by atoms with E-state index >= 15 is 0 Å². The highest BCUT2D eigenvalue weighted by Gasteiger charge is 2.29. The van der Waals surface area contributed by atoms with Crippen LogP contribution in [-0.4, -0.2) is 79.6 Å². The molecule has 1 N–H and O–H groups in total. The van der Waals surface area contributed by atoms with Crippen molar-refractivity contribution < 1.29 is 32.6 Å². The molecule has 13 heteroatoms. The lowest BCUT2D eigenvalue weighted by Crippen LogP contribution is -2.37. The number of nitrogens with one attached hydrogen (secondary N) is 1. The zero-order valence-electron chi connectivity index (χ0n) is 27.9. The highest BCUT2D eigenvalue weighted by molar-refractivity contribution is 7.41. The standard InChI is InChI=1S/C33H46N5O7P/c1-32(2,22-45-46(41-6)42-7)21-43-23-33(3,4)44-19-18-34-28(39)16-17-29(40)38-20-24-12-8-9-13-25(24)30-31(37(5)36-35-30)26-14-10-11-15-27(26)38/h8-15H,16-23H2,1-7H3,(H,34,39). The van der Waals surface area contributed by atoms with Gasteiger partial charge < -0.3 is 33.3 Å². The van der Waals surface area contributed by atoms with Crippen LogP contribution in [0.4, 0.5) is 5.69 Å².